The number of ether oxygens (including phenoxy) is 2. The molecule has 0 radical (unpaired) electrons. The van der Waals surface area contributed by atoms with Gasteiger partial charge in [0, 0.05) is 25.8 Å². The summed E-state index contributed by atoms with van der Waals surface area (Å²) in [5.41, 5.74) is -0.286. The van der Waals surface area contributed by atoms with E-state index in [1.807, 2.05) is 0 Å². The number of nitrogens with zero attached hydrogens (tertiary/aromatic N) is 1. The molecule has 150 valence electrons. The third-order valence-corrected chi connectivity index (χ3v) is 4.64. The highest BCUT2D eigenvalue weighted by molar-refractivity contribution is 5.94. The van der Waals surface area contributed by atoms with Gasteiger partial charge < -0.3 is 14.4 Å². The van der Waals surface area contributed by atoms with Gasteiger partial charge in [-0.15, -0.1) is 0 Å². The highest BCUT2D eigenvalue weighted by Gasteiger charge is 2.33. The number of hydrogen-bond donors (Lipinski definition) is 0. The Balaban J connectivity index is 1.62. The van der Waals surface area contributed by atoms with Crippen LogP contribution >= 0.6 is 0 Å². The van der Waals surface area contributed by atoms with Gasteiger partial charge in [-0.05, 0) is 48.7 Å². The molecule has 0 saturated carbocycles. The summed E-state index contributed by atoms with van der Waals surface area (Å²) in [6.45, 7) is 1.08. The zero-order chi connectivity index (χ0) is 20.1. The predicted molar refractivity (Wildman–Crippen MR) is 98.2 cm³/mol. The lowest BCUT2D eigenvalue weighted by molar-refractivity contribution is -0.138. The second kappa shape index (κ2) is 8.65. The summed E-state index contributed by atoms with van der Waals surface area (Å²) >= 11 is 0. The molecule has 1 unspecified atom stereocenters. The van der Waals surface area contributed by atoms with Gasteiger partial charge in [-0.25, -0.2) is 0 Å². The number of hydrogen-bond acceptors (Lipinski definition) is 3. The van der Waals surface area contributed by atoms with Gasteiger partial charge in [-0.1, -0.05) is 18.2 Å². The number of halogens is 3. The van der Waals surface area contributed by atoms with E-state index in [1.54, 1.807) is 24.3 Å². The average Bonchev–Trinajstić information content (AvgIpc) is 3.19. The smallest absolute Gasteiger partial charge is 0.416 e. The lowest BCUT2D eigenvalue weighted by atomic mass is 10.1. The van der Waals surface area contributed by atoms with Gasteiger partial charge in [0.05, 0.1) is 11.7 Å². The van der Waals surface area contributed by atoms with Gasteiger partial charge in [0.15, 0.2) is 0 Å². The monoisotopic (exact) mass is 393 g/mol. The molecule has 1 saturated heterocycles. The van der Waals surface area contributed by atoms with E-state index in [4.69, 9.17) is 9.47 Å². The van der Waals surface area contributed by atoms with Crippen molar-refractivity contribution >= 4 is 5.91 Å². The summed E-state index contributed by atoms with van der Waals surface area (Å²) in [7, 11) is 1.48. The van der Waals surface area contributed by atoms with Gasteiger partial charge >= 0.3 is 6.18 Å². The number of carbonyl (C=O) groups is 1. The maximum atomic E-state index is 13.1. The average molecular weight is 393 g/mol. The van der Waals surface area contributed by atoms with E-state index in [0.717, 1.165) is 25.5 Å². The van der Waals surface area contributed by atoms with Crippen LogP contribution in [0.25, 0.3) is 0 Å². The fraction of sp³-hybridized carbons (Fsp3) is 0.381. The number of amides is 1. The normalized spacial score (nSPS) is 16.8. The van der Waals surface area contributed by atoms with Crippen molar-refractivity contribution in [3.63, 3.8) is 0 Å². The van der Waals surface area contributed by atoms with Crippen molar-refractivity contribution in [2.45, 2.75) is 31.7 Å². The van der Waals surface area contributed by atoms with Crippen LogP contribution in [-0.4, -0.2) is 37.2 Å². The van der Waals surface area contributed by atoms with E-state index < -0.39 is 11.7 Å². The first kappa shape index (κ1) is 20.2. The SMILES string of the molecule is CN(Cc1ccccc1C(F)(F)F)C(=O)c1ccc(OCC2CCCO2)cc1. The van der Waals surface area contributed by atoms with Gasteiger partial charge in [0.25, 0.3) is 5.91 Å². The maximum absolute atomic E-state index is 13.1. The third kappa shape index (κ3) is 5.04. The number of carbonyl (C=O) groups excluding carboxylic acids is 1. The molecule has 1 fully saturated rings. The maximum Gasteiger partial charge on any atom is 0.416 e. The van der Waals surface area contributed by atoms with Crippen LogP contribution in [0.5, 0.6) is 5.75 Å². The minimum Gasteiger partial charge on any atom is -0.491 e. The second-order valence-corrected chi connectivity index (χ2v) is 6.79. The van der Waals surface area contributed by atoms with E-state index in [-0.39, 0.29) is 24.1 Å². The van der Waals surface area contributed by atoms with Crippen LogP contribution in [0.2, 0.25) is 0 Å². The van der Waals surface area contributed by atoms with Crippen molar-refractivity contribution < 1.29 is 27.4 Å². The molecule has 0 bridgehead atoms. The predicted octanol–water partition coefficient (Wildman–Crippen LogP) is 4.54. The Bertz CT molecular complexity index is 799. The summed E-state index contributed by atoms with van der Waals surface area (Å²) in [5.74, 6) is 0.264. The molecule has 1 aliphatic heterocycles. The zero-order valence-electron chi connectivity index (χ0n) is 15.5. The van der Waals surface area contributed by atoms with Crippen LogP contribution < -0.4 is 4.74 Å². The molecule has 1 aliphatic rings. The minimum absolute atomic E-state index is 0.0577. The van der Waals surface area contributed by atoms with Gasteiger partial charge in [-0.3, -0.25) is 4.79 Å². The van der Waals surface area contributed by atoms with Crippen LogP contribution in [0.3, 0.4) is 0 Å². The molecule has 4 nitrogen and oxygen atoms in total. The van der Waals surface area contributed by atoms with Crippen LogP contribution in [0.1, 0.15) is 34.3 Å². The molecule has 1 atom stereocenters. The van der Waals surface area contributed by atoms with E-state index in [1.165, 1.54) is 30.1 Å². The molecule has 1 heterocycles. The minimum atomic E-state index is -4.46. The first-order chi connectivity index (χ1) is 13.3. The Kier molecular flexibility index (Phi) is 6.24. The third-order valence-electron chi connectivity index (χ3n) is 4.64. The Morgan fingerprint density at radius 1 is 1.18 bits per heavy atom. The zero-order valence-corrected chi connectivity index (χ0v) is 15.5. The van der Waals surface area contributed by atoms with Crippen LogP contribution in [0, 0.1) is 0 Å². The Hall–Kier alpha value is -2.54. The first-order valence-corrected chi connectivity index (χ1v) is 9.09. The molecule has 3 rings (SSSR count). The van der Waals surface area contributed by atoms with Gasteiger partial charge in [-0.2, -0.15) is 13.2 Å². The fourth-order valence-electron chi connectivity index (χ4n) is 3.14. The highest BCUT2D eigenvalue weighted by Crippen LogP contribution is 2.32. The highest BCUT2D eigenvalue weighted by atomic mass is 19.4. The van der Waals surface area contributed by atoms with Crippen LogP contribution in [0.15, 0.2) is 48.5 Å². The fourth-order valence-corrected chi connectivity index (χ4v) is 3.14. The quantitative estimate of drug-likeness (QED) is 0.724. The largest absolute Gasteiger partial charge is 0.491 e. The molecule has 2 aromatic rings. The van der Waals surface area contributed by atoms with Crippen molar-refractivity contribution in [3.05, 3.63) is 65.2 Å². The summed E-state index contributed by atoms with van der Waals surface area (Å²) in [6, 6.07) is 11.9. The summed E-state index contributed by atoms with van der Waals surface area (Å²) in [4.78, 5) is 13.8. The molecule has 0 aromatic heterocycles. The van der Waals surface area contributed by atoms with Crippen molar-refractivity contribution in [1.82, 2.24) is 4.90 Å². The molecule has 1 amide bonds. The number of benzene rings is 2. The van der Waals surface area contributed by atoms with E-state index in [9.17, 15) is 18.0 Å². The standard InChI is InChI=1S/C21H22F3NO3/c1-25(13-16-5-2-3-7-19(16)21(22,23)24)20(26)15-8-10-17(11-9-15)28-14-18-6-4-12-27-18/h2-3,5,7-11,18H,4,6,12-14H2,1H3. The van der Waals surface area contributed by atoms with E-state index >= 15 is 0 Å². The summed E-state index contributed by atoms with van der Waals surface area (Å²) < 4.78 is 50.5. The lowest BCUT2D eigenvalue weighted by Gasteiger charge is -2.20. The molecule has 0 aliphatic carbocycles. The molecule has 7 heteroatoms. The van der Waals surface area contributed by atoms with Gasteiger partial charge in [0.1, 0.15) is 12.4 Å². The van der Waals surface area contributed by atoms with Gasteiger partial charge in [0.2, 0.25) is 0 Å². The number of rotatable bonds is 6. The molecule has 0 spiro atoms. The second-order valence-electron chi connectivity index (χ2n) is 6.79. The molecule has 2 aromatic carbocycles. The van der Waals surface area contributed by atoms with Crippen molar-refractivity contribution in [3.8, 4) is 5.75 Å². The lowest BCUT2D eigenvalue weighted by Crippen LogP contribution is -2.27. The molecular formula is C21H22F3NO3. The van der Waals surface area contributed by atoms with Crippen molar-refractivity contribution in [2.24, 2.45) is 0 Å². The Morgan fingerprint density at radius 2 is 1.89 bits per heavy atom. The molecular weight excluding hydrogens is 371 g/mol. The van der Waals surface area contributed by atoms with Crippen molar-refractivity contribution in [2.75, 3.05) is 20.3 Å². The molecule has 28 heavy (non-hydrogen) atoms. The van der Waals surface area contributed by atoms with Crippen molar-refractivity contribution in [1.29, 1.82) is 0 Å². The topological polar surface area (TPSA) is 38.8 Å². The molecule has 0 N–H and O–H groups in total. The van der Waals surface area contributed by atoms with E-state index in [2.05, 4.69) is 0 Å². The van der Waals surface area contributed by atoms with E-state index in [0.29, 0.717) is 17.9 Å². The Morgan fingerprint density at radius 3 is 2.54 bits per heavy atom. The summed E-state index contributed by atoms with van der Waals surface area (Å²) in [5, 5.41) is 0. The van der Waals surface area contributed by atoms with Crippen LogP contribution in [0.4, 0.5) is 13.2 Å². The van der Waals surface area contributed by atoms with Crippen LogP contribution in [-0.2, 0) is 17.5 Å². The Labute approximate surface area is 161 Å². The summed E-state index contributed by atoms with van der Waals surface area (Å²) in [6.07, 6.45) is -2.35. The number of alkyl halides is 3. The first-order valence-electron chi connectivity index (χ1n) is 9.09.